The van der Waals surface area contributed by atoms with E-state index >= 15 is 0 Å². The summed E-state index contributed by atoms with van der Waals surface area (Å²) in [5.41, 5.74) is 3.86. The number of fused-ring (bicyclic) bond motifs is 3. The number of hydrogen-bond acceptors (Lipinski definition) is 5. The largest absolute Gasteiger partial charge is 0.492 e. The third kappa shape index (κ3) is 3.47. The molecule has 0 saturated carbocycles. The zero-order valence-electron chi connectivity index (χ0n) is 15.7. The van der Waals surface area contributed by atoms with Crippen LogP contribution >= 0.6 is 11.3 Å². The van der Waals surface area contributed by atoms with Gasteiger partial charge in [0.1, 0.15) is 5.75 Å². The molecule has 140 valence electrons. The van der Waals surface area contributed by atoms with E-state index in [1.165, 1.54) is 11.3 Å². The van der Waals surface area contributed by atoms with Gasteiger partial charge in [0.05, 0.1) is 18.5 Å². The van der Waals surface area contributed by atoms with Crippen LogP contribution in [-0.4, -0.2) is 46.2 Å². The number of thiazole rings is 1. The molecule has 3 heterocycles. The molecule has 1 aliphatic rings. The van der Waals surface area contributed by atoms with Gasteiger partial charge in [-0.1, -0.05) is 19.9 Å². The van der Waals surface area contributed by atoms with E-state index in [0.717, 1.165) is 46.0 Å². The number of rotatable bonds is 4. The van der Waals surface area contributed by atoms with Crippen molar-refractivity contribution in [3.8, 4) is 28.1 Å². The highest BCUT2D eigenvalue weighted by atomic mass is 32.1. The highest BCUT2D eigenvalue weighted by Crippen LogP contribution is 2.39. The molecule has 0 fully saturated rings. The van der Waals surface area contributed by atoms with Crippen LogP contribution in [-0.2, 0) is 6.42 Å². The van der Waals surface area contributed by atoms with E-state index in [2.05, 4.69) is 24.0 Å². The second kappa shape index (κ2) is 7.15. The van der Waals surface area contributed by atoms with E-state index in [9.17, 15) is 4.79 Å². The summed E-state index contributed by atoms with van der Waals surface area (Å²) in [5.74, 6) is 1.21. The Morgan fingerprint density at radius 1 is 1.37 bits per heavy atom. The number of aromatic nitrogens is 3. The molecule has 1 N–H and O–H groups in total. The molecule has 7 heteroatoms. The molecule has 1 aromatic carbocycles. The molecule has 0 aliphatic carbocycles. The van der Waals surface area contributed by atoms with Crippen LogP contribution in [0.15, 0.2) is 30.6 Å². The smallest absolute Gasteiger partial charge is 0.282 e. The summed E-state index contributed by atoms with van der Waals surface area (Å²) in [5, 5.41) is 7.39. The van der Waals surface area contributed by atoms with Gasteiger partial charge >= 0.3 is 0 Å². The number of aromatic amines is 1. The SMILES string of the molecule is CC(C)CN(C)C(=O)c1nc2c(s1)CCOc1cc(-c3cn[nH]c3)ccc1-2. The van der Waals surface area contributed by atoms with Crippen LogP contribution in [0.25, 0.3) is 22.4 Å². The van der Waals surface area contributed by atoms with Crippen molar-refractivity contribution < 1.29 is 9.53 Å². The molecule has 0 radical (unpaired) electrons. The molecule has 0 unspecified atom stereocenters. The van der Waals surface area contributed by atoms with E-state index in [-0.39, 0.29) is 5.91 Å². The normalized spacial score (nSPS) is 12.9. The zero-order chi connectivity index (χ0) is 19.0. The third-order valence-corrected chi connectivity index (χ3v) is 5.62. The lowest BCUT2D eigenvalue weighted by atomic mass is 10.0. The molecular weight excluding hydrogens is 360 g/mol. The molecule has 1 aliphatic heterocycles. The van der Waals surface area contributed by atoms with Gasteiger partial charge in [-0.05, 0) is 23.6 Å². The van der Waals surface area contributed by atoms with Crippen LogP contribution in [0.4, 0.5) is 0 Å². The molecule has 6 nitrogen and oxygen atoms in total. The summed E-state index contributed by atoms with van der Waals surface area (Å²) in [6.45, 7) is 5.50. The van der Waals surface area contributed by atoms with Crippen LogP contribution in [0.1, 0.15) is 28.5 Å². The molecule has 0 spiro atoms. The maximum absolute atomic E-state index is 12.7. The standard InChI is InChI=1S/C20H22N4O2S/c1-12(2)11-24(3)20(25)19-23-18-15-5-4-13(14-9-21-22-10-14)8-16(15)26-7-6-17(18)27-19/h4-5,8-10,12H,6-7,11H2,1-3H3,(H,21,22). The second-order valence-corrected chi connectivity index (χ2v) is 8.25. The average Bonchev–Trinajstić information content (AvgIpc) is 3.28. The van der Waals surface area contributed by atoms with Crippen molar-refractivity contribution in [2.75, 3.05) is 20.2 Å². The molecule has 2 aromatic heterocycles. The van der Waals surface area contributed by atoms with Crippen molar-refractivity contribution in [3.05, 3.63) is 40.5 Å². The zero-order valence-corrected chi connectivity index (χ0v) is 16.5. The first kappa shape index (κ1) is 17.7. The van der Waals surface area contributed by atoms with E-state index in [1.54, 1.807) is 11.1 Å². The predicted molar refractivity (Wildman–Crippen MR) is 106 cm³/mol. The van der Waals surface area contributed by atoms with Crippen molar-refractivity contribution in [2.24, 2.45) is 5.92 Å². The van der Waals surface area contributed by atoms with Gasteiger partial charge in [0.2, 0.25) is 0 Å². The lowest BCUT2D eigenvalue weighted by Gasteiger charge is -2.17. The Morgan fingerprint density at radius 2 is 2.22 bits per heavy atom. The Morgan fingerprint density at radius 3 is 2.96 bits per heavy atom. The summed E-state index contributed by atoms with van der Waals surface area (Å²) >= 11 is 1.48. The van der Waals surface area contributed by atoms with Crippen molar-refractivity contribution in [3.63, 3.8) is 0 Å². The van der Waals surface area contributed by atoms with Gasteiger partial charge in [-0.25, -0.2) is 4.98 Å². The van der Waals surface area contributed by atoms with Crippen molar-refractivity contribution >= 4 is 17.2 Å². The van der Waals surface area contributed by atoms with Gasteiger partial charge in [0.25, 0.3) is 5.91 Å². The topological polar surface area (TPSA) is 71.1 Å². The first-order chi connectivity index (χ1) is 13.0. The van der Waals surface area contributed by atoms with Crippen molar-refractivity contribution in [2.45, 2.75) is 20.3 Å². The number of nitrogens with one attached hydrogen (secondary N) is 1. The fourth-order valence-electron chi connectivity index (χ4n) is 3.30. The van der Waals surface area contributed by atoms with Gasteiger partial charge in [-0.15, -0.1) is 11.3 Å². The van der Waals surface area contributed by atoms with Crippen LogP contribution < -0.4 is 4.74 Å². The minimum Gasteiger partial charge on any atom is -0.492 e. The van der Waals surface area contributed by atoms with Crippen molar-refractivity contribution in [1.29, 1.82) is 0 Å². The Hall–Kier alpha value is -2.67. The number of ether oxygens (including phenoxy) is 1. The van der Waals surface area contributed by atoms with Crippen LogP contribution in [0.5, 0.6) is 5.75 Å². The minimum absolute atomic E-state index is 0.0146. The number of nitrogens with zero attached hydrogens (tertiary/aromatic N) is 3. The van der Waals surface area contributed by atoms with E-state index < -0.39 is 0 Å². The van der Waals surface area contributed by atoms with Gasteiger partial charge in [0, 0.05) is 42.2 Å². The number of hydrogen-bond donors (Lipinski definition) is 1. The van der Waals surface area contributed by atoms with Gasteiger partial charge in [0.15, 0.2) is 5.01 Å². The lowest BCUT2D eigenvalue weighted by molar-refractivity contribution is 0.0779. The molecular formula is C20H22N4O2S. The van der Waals surface area contributed by atoms with Crippen LogP contribution in [0.3, 0.4) is 0 Å². The molecule has 1 amide bonds. The molecule has 4 rings (SSSR count). The number of H-pyrrole nitrogens is 1. The fourth-order valence-corrected chi connectivity index (χ4v) is 4.35. The van der Waals surface area contributed by atoms with E-state index in [0.29, 0.717) is 17.5 Å². The maximum atomic E-state index is 12.7. The number of carbonyl (C=O) groups excluding carboxylic acids is 1. The van der Waals surface area contributed by atoms with Gasteiger partial charge in [-0.3, -0.25) is 9.89 Å². The molecule has 3 aromatic rings. The van der Waals surface area contributed by atoms with Crippen LogP contribution in [0, 0.1) is 5.92 Å². The Kier molecular flexibility index (Phi) is 4.70. The number of benzene rings is 1. The first-order valence-electron chi connectivity index (χ1n) is 9.04. The minimum atomic E-state index is -0.0146. The third-order valence-electron chi connectivity index (χ3n) is 4.52. The Balaban J connectivity index is 1.69. The van der Waals surface area contributed by atoms with Gasteiger partial charge < -0.3 is 9.64 Å². The number of carbonyl (C=O) groups is 1. The van der Waals surface area contributed by atoms with Gasteiger partial charge in [-0.2, -0.15) is 5.10 Å². The van der Waals surface area contributed by atoms with E-state index in [1.807, 2.05) is 31.4 Å². The molecule has 0 atom stereocenters. The lowest BCUT2D eigenvalue weighted by Crippen LogP contribution is -2.30. The molecule has 0 bridgehead atoms. The Labute approximate surface area is 162 Å². The van der Waals surface area contributed by atoms with Crippen LogP contribution in [0.2, 0.25) is 0 Å². The quantitative estimate of drug-likeness (QED) is 0.744. The molecule has 0 saturated heterocycles. The van der Waals surface area contributed by atoms with Crippen molar-refractivity contribution in [1.82, 2.24) is 20.1 Å². The summed E-state index contributed by atoms with van der Waals surface area (Å²) < 4.78 is 5.97. The summed E-state index contributed by atoms with van der Waals surface area (Å²) in [6.07, 6.45) is 4.39. The Bertz CT molecular complexity index is 963. The highest BCUT2D eigenvalue weighted by Gasteiger charge is 2.25. The summed E-state index contributed by atoms with van der Waals surface area (Å²) in [4.78, 5) is 20.3. The first-order valence-corrected chi connectivity index (χ1v) is 9.86. The monoisotopic (exact) mass is 382 g/mol. The number of amides is 1. The molecule has 27 heavy (non-hydrogen) atoms. The maximum Gasteiger partial charge on any atom is 0.282 e. The average molecular weight is 382 g/mol. The second-order valence-electron chi connectivity index (χ2n) is 7.17. The summed E-state index contributed by atoms with van der Waals surface area (Å²) in [7, 11) is 1.84. The predicted octanol–water partition coefficient (Wildman–Crippen LogP) is 3.86. The highest BCUT2D eigenvalue weighted by molar-refractivity contribution is 7.14. The fraction of sp³-hybridized carbons (Fsp3) is 0.350. The van der Waals surface area contributed by atoms with E-state index in [4.69, 9.17) is 9.72 Å². The summed E-state index contributed by atoms with van der Waals surface area (Å²) in [6, 6.07) is 6.07.